The van der Waals surface area contributed by atoms with E-state index in [0.29, 0.717) is 11.4 Å². The highest BCUT2D eigenvalue weighted by molar-refractivity contribution is 5.73. The van der Waals surface area contributed by atoms with Gasteiger partial charge in [-0.2, -0.15) is 0 Å². The minimum Gasteiger partial charge on any atom is -0.397 e. The highest BCUT2D eigenvalue weighted by Gasteiger charge is 2.22. The van der Waals surface area contributed by atoms with Crippen LogP contribution < -0.4 is 16.8 Å². The fourth-order valence-electron chi connectivity index (χ4n) is 2.19. The number of nitrogens with two attached hydrogens (primary N) is 2. The number of nitrogen functional groups attached to an aromatic ring is 2. The molecule has 2 aromatic rings. The summed E-state index contributed by atoms with van der Waals surface area (Å²) in [6, 6.07) is 7.44. The normalized spacial score (nSPS) is 20.6. The van der Waals surface area contributed by atoms with Crippen LogP contribution in [0.5, 0.6) is 0 Å². The molecule has 0 saturated heterocycles. The number of nitrogens with zero attached hydrogens (tertiary/aromatic N) is 2. The Balaban J connectivity index is 1.71. The predicted molar refractivity (Wildman–Crippen MR) is 84.0 cm³/mol. The average molecular weight is 283 g/mol. The molecule has 6 heteroatoms. The Morgan fingerprint density at radius 3 is 2.62 bits per heavy atom. The van der Waals surface area contributed by atoms with Crippen molar-refractivity contribution in [3.8, 4) is 0 Å². The number of benzene rings is 1. The number of rotatable bonds is 3. The summed E-state index contributed by atoms with van der Waals surface area (Å²) in [6.45, 7) is 1.96. The first-order valence-electron chi connectivity index (χ1n) is 6.64. The Labute approximate surface area is 122 Å². The van der Waals surface area contributed by atoms with Crippen LogP contribution in [0.4, 0.5) is 17.1 Å². The minimum absolute atomic E-state index is 0.170. The maximum atomic E-state index is 5.84. The second kappa shape index (κ2) is 5.41. The molecule has 108 valence electrons. The van der Waals surface area contributed by atoms with Crippen LogP contribution in [0.15, 0.2) is 41.7 Å². The van der Waals surface area contributed by atoms with Crippen LogP contribution in [0.3, 0.4) is 0 Å². The van der Waals surface area contributed by atoms with Gasteiger partial charge < -0.3 is 21.5 Å². The molecule has 1 aromatic heterocycles. The molecule has 1 aliphatic heterocycles. The molecule has 0 spiro atoms. The van der Waals surface area contributed by atoms with Gasteiger partial charge in [-0.05, 0) is 42.3 Å². The van der Waals surface area contributed by atoms with Crippen molar-refractivity contribution in [1.29, 1.82) is 0 Å². The fraction of sp³-hybridized carbons (Fsp3) is 0.200. The van der Waals surface area contributed by atoms with Gasteiger partial charge in [-0.25, -0.2) is 4.99 Å². The summed E-state index contributed by atoms with van der Waals surface area (Å²) in [5.41, 5.74) is 15.6. The molecule has 1 aliphatic rings. The van der Waals surface area contributed by atoms with E-state index in [-0.39, 0.29) is 6.10 Å². The molecule has 1 aromatic carbocycles. The van der Waals surface area contributed by atoms with Crippen LogP contribution in [0, 0.1) is 6.92 Å². The Morgan fingerprint density at radius 2 is 1.86 bits per heavy atom. The van der Waals surface area contributed by atoms with Crippen molar-refractivity contribution in [3.05, 3.63) is 47.8 Å². The van der Waals surface area contributed by atoms with Crippen molar-refractivity contribution < 1.29 is 4.74 Å². The lowest BCUT2D eigenvalue weighted by Crippen LogP contribution is -2.19. The average Bonchev–Trinajstić information content (AvgIpc) is 2.94. The SMILES string of the molecule is Cc1cc(N)c(N)cc1NC1N=CC(c2ccncc2)O1. The van der Waals surface area contributed by atoms with Gasteiger partial charge in [-0.15, -0.1) is 0 Å². The van der Waals surface area contributed by atoms with E-state index >= 15 is 0 Å². The Hall–Kier alpha value is -2.60. The molecule has 3 rings (SSSR count). The number of aryl methyl sites for hydroxylation is 1. The van der Waals surface area contributed by atoms with Crippen molar-refractivity contribution in [1.82, 2.24) is 4.98 Å². The fourth-order valence-corrected chi connectivity index (χ4v) is 2.19. The molecule has 0 saturated carbocycles. The highest BCUT2D eigenvalue weighted by atomic mass is 16.5. The number of nitrogens with one attached hydrogen (secondary N) is 1. The number of pyridine rings is 1. The van der Waals surface area contributed by atoms with E-state index in [4.69, 9.17) is 16.2 Å². The molecule has 0 aliphatic carbocycles. The molecule has 5 N–H and O–H groups in total. The number of aliphatic imine (C=N–C) groups is 1. The third kappa shape index (κ3) is 2.80. The first-order valence-corrected chi connectivity index (χ1v) is 6.64. The van der Waals surface area contributed by atoms with Gasteiger partial charge in [0.1, 0.15) is 6.10 Å². The van der Waals surface area contributed by atoms with Crippen LogP contribution in [0.2, 0.25) is 0 Å². The zero-order valence-corrected chi connectivity index (χ0v) is 11.7. The molecule has 2 atom stereocenters. The van der Waals surface area contributed by atoms with Gasteiger partial charge in [0.2, 0.25) is 6.35 Å². The van der Waals surface area contributed by atoms with Gasteiger partial charge in [0, 0.05) is 24.3 Å². The second-order valence-electron chi connectivity index (χ2n) is 4.93. The topological polar surface area (TPSA) is 98.5 Å². The lowest BCUT2D eigenvalue weighted by Gasteiger charge is -2.17. The van der Waals surface area contributed by atoms with E-state index in [1.807, 2.05) is 25.1 Å². The Morgan fingerprint density at radius 1 is 1.14 bits per heavy atom. The van der Waals surface area contributed by atoms with Crippen LogP contribution in [-0.4, -0.2) is 17.6 Å². The van der Waals surface area contributed by atoms with E-state index in [1.165, 1.54) is 0 Å². The number of hydrogen-bond donors (Lipinski definition) is 3. The van der Waals surface area contributed by atoms with Crippen molar-refractivity contribution in [2.24, 2.45) is 4.99 Å². The largest absolute Gasteiger partial charge is 0.397 e. The molecule has 2 unspecified atom stereocenters. The summed E-state index contributed by atoms with van der Waals surface area (Å²) in [5, 5.41) is 3.21. The number of anilines is 3. The smallest absolute Gasteiger partial charge is 0.226 e. The summed E-state index contributed by atoms with van der Waals surface area (Å²) in [5.74, 6) is 0. The molecule has 21 heavy (non-hydrogen) atoms. The first kappa shape index (κ1) is 13.4. The van der Waals surface area contributed by atoms with Crippen molar-refractivity contribution in [2.75, 3.05) is 16.8 Å². The van der Waals surface area contributed by atoms with Crippen molar-refractivity contribution >= 4 is 23.3 Å². The third-order valence-electron chi connectivity index (χ3n) is 3.38. The van der Waals surface area contributed by atoms with Gasteiger partial charge in [0.05, 0.1) is 11.4 Å². The maximum absolute atomic E-state index is 5.84. The predicted octanol–water partition coefficient (Wildman–Crippen LogP) is 2.09. The first-order chi connectivity index (χ1) is 10.1. The quantitative estimate of drug-likeness (QED) is 0.749. The van der Waals surface area contributed by atoms with E-state index in [0.717, 1.165) is 16.8 Å². The van der Waals surface area contributed by atoms with Gasteiger partial charge in [-0.3, -0.25) is 4.98 Å². The zero-order chi connectivity index (χ0) is 14.8. The maximum Gasteiger partial charge on any atom is 0.226 e. The lowest BCUT2D eigenvalue weighted by atomic mass is 10.1. The van der Waals surface area contributed by atoms with Crippen molar-refractivity contribution in [3.63, 3.8) is 0 Å². The molecule has 0 fully saturated rings. The number of hydrogen-bond acceptors (Lipinski definition) is 6. The van der Waals surface area contributed by atoms with Crippen LogP contribution in [0.1, 0.15) is 17.2 Å². The van der Waals surface area contributed by atoms with Gasteiger partial charge >= 0.3 is 0 Å². The van der Waals surface area contributed by atoms with E-state index in [2.05, 4.69) is 15.3 Å². The molecular formula is C15H17N5O. The summed E-state index contributed by atoms with van der Waals surface area (Å²) in [7, 11) is 0. The lowest BCUT2D eigenvalue weighted by molar-refractivity contribution is 0.0690. The standard InChI is InChI=1S/C15H17N5O/c1-9-6-11(16)12(17)7-13(9)20-15-19-8-14(21-15)10-2-4-18-5-3-10/h2-8,14-15,20H,16-17H2,1H3. The van der Waals surface area contributed by atoms with Crippen LogP contribution in [-0.2, 0) is 4.74 Å². The monoisotopic (exact) mass is 283 g/mol. The molecular weight excluding hydrogens is 266 g/mol. The molecule has 2 heterocycles. The van der Waals surface area contributed by atoms with E-state index in [1.54, 1.807) is 24.7 Å². The molecule has 0 radical (unpaired) electrons. The summed E-state index contributed by atoms with van der Waals surface area (Å²) < 4.78 is 5.84. The zero-order valence-electron chi connectivity index (χ0n) is 11.7. The summed E-state index contributed by atoms with van der Waals surface area (Å²) >= 11 is 0. The van der Waals surface area contributed by atoms with Crippen molar-refractivity contribution in [2.45, 2.75) is 19.4 Å². The third-order valence-corrected chi connectivity index (χ3v) is 3.38. The number of aromatic nitrogens is 1. The van der Waals surface area contributed by atoms with E-state index < -0.39 is 6.35 Å². The van der Waals surface area contributed by atoms with Gasteiger partial charge in [0.15, 0.2) is 0 Å². The van der Waals surface area contributed by atoms with Gasteiger partial charge in [-0.1, -0.05) is 0 Å². The second-order valence-corrected chi connectivity index (χ2v) is 4.93. The van der Waals surface area contributed by atoms with Crippen LogP contribution >= 0.6 is 0 Å². The van der Waals surface area contributed by atoms with Crippen LogP contribution in [0.25, 0.3) is 0 Å². The summed E-state index contributed by atoms with van der Waals surface area (Å²) in [6.07, 6.45) is 4.64. The Bertz CT molecular complexity index is 671. The highest BCUT2D eigenvalue weighted by Crippen LogP contribution is 2.28. The molecule has 6 nitrogen and oxygen atoms in total. The van der Waals surface area contributed by atoms with Gasteiger partial charge in [0.25, 0.3) is 0 Å². The minimum atomic E-state index is -0.440. The molecule has 0 bridgehead atoms. The Kier molecular flexibility index (Phi) is 3.45. The summed E-state index contributed by atoms with van der Waals surface area (Å²) in [4.78, 5) is 8.32. The molecule has 0 amide bonds. The van der Waals surface area contributed by atoms with E-state index in [9.17, 15) is 0 Å². The number of ether oxygens (including phenoxy) is 1.